The zero-order valence-corrected chi connectivity index (χ0v) is 16.9. The molecule has 1 aliphatic heterocycles. The molecular weight excluding hydrogens is 386 g/mol. The van der Waals surface area contributed by atoms with E-state index in [1.54, 1.807) is 0 Å². The van der Waals surface area contributed by atoms with E-state index in [0.29, 0.717) is 24.6 Å². The molecule has 1 aromatic heterocycles. The van der Waals surface area contributed by atoms with Crippen molar-refractivity contribution in [3.63, 3.8) is 0 Å². The van der Waals surface area contributed by atoms with E-state index in [1.165, 1.54) is 0 Å². The highest BCUT2D eigenvalue weighted by Gasteiger charge is 2.27. The van der Waals surface area contributed by atoms with Gasteiger partial charge < -0.3 is 9.64 Å². The van der Waals surface area contributed by atoms with Crippen molar-refractivity contribution in [3.05, 3.63) is 71.5 Å². The van der Waals surface area contributed by atoms with Crippen molar-refractivity contribution >= 4 is 17.5 Å². The number of ether oxygens (including phenoxy) is 1. The summed E-state index contributed by atoms with van der Waals surface area (Å²) in [6, 6.07) is 17.4. The van der Waals surface area contributed by atoms with Crippen LogP contribution in [0, 0.1) is 0 Å². The normalized spacial score (nSPS) is 16.6. The van der Waals surface area contributed by atoms with Crippen LogP contribution in [0.3, 0.4) is 0 Å². The lowest BCUT2D eigenvalue weighted by atomic mass is 9.90. The number of carbonyl (C=O) groups excluding carboxylic acids is 1. The molecule has 1 amide bonds. The maximum Gasteiger partial charge on any atom is 0.226 e. The van der Waals surface area contributed by atoms with Crippen molar-refractivity contribution in [1.82, 2.24) is 15.1 Å². The summed E-state index contributed by atoms with van der Waals surface area (Å²) in [5.41, 5.74) is 3.25. The van der Waals surface area contributed by atoms with Crippen LogP contribution in [-0.4, -0.2) is 40.7 Å². The minimum Gasteiger partial charge on any atom is -0.493 e. The van der Waals surface area contributed by atoms with Gasteiger partial charge in [-0.25, -0.2) is 0 Å². The number of halogens is 1. The van der Waals surface area contributed by atoms with Crippen LogP contribution in [0.4, 0.5) is 0 Å². The molecular formula is C23H24ClN3O2. The smallest absolute Gasteiger partial charge is 0.226 e. The van der Waals surface area contributed by atoms with Gasteiger partial charge in [0.2, 0.25) is 5.91 Å². The fraction of sp³-hybridized carbons (Fsp3) is 0.304. The van der Waals surface area contributed by atoms with Gasteiger partial charge >= 0.3 is 0 Å². The molecule has 0 unspecified atom stereocenters. The number of aromatic amines is 1. The Kier molecular flexibility index (Phi) is 6.15. The minimum atomic E-state index is 0.137. The van der Waals surface area contributed by atoms with E-state index >= 15 is 0 Å². The Balaban J connectivity index is 1.38. The number of benzene rings is 2. The monoisotopic (exact) mass is 409 g/mol. The van der Waals surface area contributed by atoms with E-state index in [2.05, 4.69) is 10.2 Å². The molecule has 2 heterocycles. The number of piperidine rings is 1. The molecule has 29 heavy (non-hydrogen) atoms. The summed E-state index contributed by atoms with van der Waals surface area (Å²) >= 11 is 6.02. The van der Waals surface area contributed by atoms with Crippen molar-refractivity contribution in [2.45, 2.75) is 25.2 Å². The van der Waals surface area contributed by atoms with Gasteiger partial charge in [-0.1, -0.05) is 41.9 Å². The summed E-state index contributed by atoms with van der Waals surface area (Å²) in [7, 11) is 0. The molecule has 0 saturated carbocycles. The van der Waals surface area contributed by atoms with Crippen LogP contribution in [0.15, 0.2) is 60.8 Å². The van der Waals surface area contributed by atoms with Crippen molar-refractivity contribution in [2.24, 2.45) is 0 Å². The number of nitrogens with one attached hydrogen (secondary N) is 1. The minimum absolute atomic E-state index is 0.137. The highest BCUT2D eigenvalue weighted by Crippen LogP contribution is 2.33. The Bertz CT molecular complexity index is 940. The number of aromatic nitrogens is 2. The van der Waals surface area contributed by atoms with Gasteiger partial charge in [0, 0.05) is 35.3 Å². The van der Waals surface area contributed by atoms with Crippen LogP contribution in [0.2, 0.25) is 5.02 Å². The number of rotatable bonds is 6. The molecule has 1 atom stereocenters. The Hall–Kier alpha value is -2.79. The van der Waals surface area contributed by atoms with E-state index < -0.39 is 0 Å². The van der Waals surface area contributed by atoms with Crippen molar-refractivity contribution in [2.75, 3.05) is 19.7 Å². The van der Waals surface area contributed by atoms with Crippen LogP contribution >= 0.6 is 11.6 Å². The molecule has 0 spiro atoms. The average Bonchev–Trinajstić information content (AvgIpc) is 3.25. The topological polar surface area (TPSA) is 58.2 Å². The molecule has 0 aliphatic carbocycles. The molecule has 3 aromatic rings. The first-order chi connectivity index (χ1) is 14.2. The number of para-hydroxylation sites is 1. The molecule has 4 rings (SSSR count). The van der Waals surface area contributed by atoms with E-state index in [9.17, 15) is 4.79 Å². The molecule has 2 aromatic carbocycles. The van der Waals surface area contributed by atoms with Gasteiger partial charge in [-0.2, -0.15) is 5.10 Å². The Morgan fingerprint density at radius 1 is 1.17 bits per heavy atom. The predicted molar refractivity (Wildman–Crippen MR) is 114 cm³/mol. The summed E-state index contributed by atoms with van der Waals surface area (Å²) in [5, 5.41) is 8.15. The SMILES string of the molecule is O=C(CCOc1ccccc1)N1CCC[C@H](c2[nH]ncc2-c2ccc(Cl)cc2)C1. The Morgan fingerprint density at radius 2 is 1.97 bits per heavy atom. The standard InChI is InChI=1S/C23H24ClN3O2/c24-19-10-8-17(9-11-19)21-15-25-26-23(21)18-5-4-13-27(16-18)22(28)12-14-29-20-6-2-1-3-7-20/h1-3,6-11,15,18H,4-5,12-14,16H2,(H,25,26)/t18-/m0/s1. The van der Waals surface area contributed by atoms with Gasteiger partial charge in [0.05, 0.1) is 19.2 Å². The molecule has 150 valence electrons. The van der Waals surface area contributed by atoms with Crippen molar-refractivity contribution < 1.29 is 9.53 Å². The van der Waals surface area contributed by atoms with Crippen LogP contribution < -0.4 is 4.74 Å². The molecule has 1 N–H and O–H groups in total. The summed E-state index contributed by atoms with van der Waals surface area (Å²) in [6.45, 7) is 1.89. The number of carbonyl (C=O) groups is 1. The molecule has 1 fully saturated rings. The van der Waals surface area contributed by atoms with E-state index in [0.717, 1.165) is 42.0 Å². The second-order valence-corrected chi connectivity index (χ2v) is 7.73. The first-order valence-electron chi connectivity index (χ1n) is 9.95. The molecule has 6 heteroatoms. The third-order valence-corrected chi connectivity index (χ3v) is 5.59. The van der Waals surface area contributed by atoms with Crippen molar-refractivity contribution in [3.8, 4) is 16.9 Å². The molecule has 0 radical (unpaired) electrons. The maximum atomic E-state index is 12.7. The van der Waals surface area contributed by atoms with Crippen LogP contribution in [-0.2, 0) is 4.79 Å². The van der Waals surface area contributed by atoms with Gasteiger partial charge in [-0.15, -0.1) is 0 Å². The Labute approximate surface area is 175 Å². The molecule has 1 aliphatic rings. The van der Waals surface area contributed by atoms with Gasteiger partial charge in [0.1, 0.15) is 5.75 Å². The lowest BCUT2D eigenvalue weighted by Crippen LogP contribution is -2.39. The summed E-state index contributed by atoms with van der Waals surface area (Å²) in [4.78, 5) is 14.7. The highest BCUT2D eigenvalue weighted by atomic mass is 35.5. The summed E-state index contributed by atoms with van der Waals surface area (Å²) in [5.74, 6) is 1.18. The quantitative estimate of drug-likeness (QED) is 0.629. The van der Waals surface area contributed by atoms with Crippen LogP contribution in [0.25, 0.3) is 11.1 Å². The largest absolute Gasteiger partial charge is 0.493 e. The fourth-order valence-electron chi connectivity index (χ4n) is 3.84. The van der Waals surface area contributed by atoms with Crippen LogP contribution in [0.5, 0.6) is 5.75 Å². The van der Waals surface area contributed by atoms with Gasteiger partial charge in [0.15, 0.2) is 0 Å². The lowest BCUT2D eigenvalue weighted by molar-refractivity contribution is -0.132. The van der Waals surface area contributed by atoms with E-state index in [-0.39, 0.29) is 11.8 Å². The Morgan fingerprint density at radius 3 is 2.76 bits per heavy atom. The summed E-state index contributed by atoms with van der Waals surface area (Å²) in [6.07, 6.45) is 4.25. The highest BCUT2D eigenvalue weighted by molar-refractivity contribution is 6.30. The number of amides is 1. The third-order valence-electron chi connectivity index (χ3n) is 5.33. The number of hydrogen-bond donors (Lipinski definition) is 1. The second kappa shape index (κ2) is 9.14. The lowest BCUT2D eigenvalue weighted by Gasteiger charge is -2.33. The van der Waals surface area contributed by atoms with Crippen molar-refractivity contribution in [1.29, 1.82) is 0 Å². The van der Waals surface area contributed by atoms with E-state index in [1.807, 2.05) is 65.7 Å². The number of hydrogen-bond acceptors (Lipinski definition) is 3. The van der Waals surface area contributed by atoms with Gasteiger partial charge in [0.25, 0.3) is 0 Å². The number of H-pyrrole nitrogens is 1. The predicted octanol–water partition coefficient (Wildman–Crippen LogP) is 4.91. The number of nitrogens with zero attached hydrogens (tertiary/aromatic N) is 2. The third kappa shape index (κ3) is 4.80. The maximum absolute atomic E-state index is 12.7. The molecule has 1 saturated heterocycles. The zero-order valence-electron chi connectivity index (χ0n) is 16.2. The van der Waals surface area contributed by atoms with E-state index in [4.69, 9.17) is 16.3 Å². The molecule has 0 bridgehead atoms. The summed E-state index contributed by atoms with van der Waals surface area (Å²) < 4.78 is 5.68. The fourth-order valence-corrected chi connectivity index (χ4v) is 3.96. The zero-order chi connectivity index (χ0) is 20.1. The second-order valence-electron chi connectivity index (χ2n) is 7.29. The average molecular weight is 410 g/mol. The van der Waals surface area contributed by atoms with Crippen LogP contribution in [0.1, 0.15) is 30.9 Å². The number of likely N-dealkylation sites (tertiary alicyclic amines) is 1. The first kappa shape index (κ1) is 19.5. The van der Waals surface area contributed by atoms with Gasteiger partial charge in [-0.3, -0.25) is 9.89 Å². The first-order valence-corrected chi connectivity index (χ1v) is 10.3. The van der Waals surface area contributed by atoms with Gasteiger partial charge in [-0.05, 0) is 42.7 Å². The molecule has 5 nitrogen and oxygen atoms in total.